The van der Waals surface area contributed by atoms with Gasteiger partial charge in [0.2, 0.25) is 0 Å². The van der Waals surface area contributed by atoms with E-state index in [0.29, 0.717) is 5.69 Å². The molecule has 0 atom stereocenters. The lowest BCUT2D eigenvalue weighted by atomic mass is 10.4. The van der Waals surface area contributed by atoms with E-state index in [2.05, 4.69) is 20.4 Å². The lowest BCUT2D eigenvalue weighted by Crippen LogP contribution is -2.14. The summed E-state index contributed by atoms with van der Waals surface area (Å²) in [5, 5.41) is 6.55. The van der Waals surface area contributed by atoms with E-state index in [9.17, 15) is 4.79 Å². The monoisotopic (exact) mass is 218 g/mol. The molecule has 7 heteroatoms. The van der Waals surface area contributed by atoms with Gasteiger partial charge >= 0.3 is 0 Å². The van der Waals surface area contributed by atoms with Crippen molar-refractivity contribution in [2.45, 2.75) is 0 Å². The molecule has 0 fully saturated rings. The van der Waals surface area contributed by atoms with Crippen LogP contribution in [0.3, 0.4) is 0 Å². The van der Waals surface area contributed by atoms with Crippen LogP contribution in [0.25, 0.3) is 0 Å². The topological polar surface area (TPSA) is 98.7 Å². The summed E-state index contributed by atoms with van der Waals surface area (Å²) < 4.78 is 1.58. The van der Waals surface area contributed by atoms with E-state index >= 15 is 0 Å². The third kappa shape index (κ3) is 2.14. The number of nitrogens with one attached hydrogen (secondary N) is 1. The maximum Gasteiger partial charge on any atom is 0.276 e. The average molecular weight is 218 g/mol. The van der Waals surface area contributed by atoms with E-state index < -0.39 is 0 Å². The molecule has 82 valence electrons. The minimum atomic E-state index is -0.368. The smallest absolute Gasteiger partial charge is 0.276 e. The molecule has 0 spiro atoms. The highest BCUT2D eigenvalue weighted by Gasteiger charge is 2.09. The van der Waals surface area contributed by atoms with Crippen molar-refractivity contribution in [3.8, 4) is 0 Å². The Morgan fingerprint density at radius 1 is 1.44 bits per heavy atom. The van der Waals surface area contributed by atoms with Gasteiger partial charge in [0.05, 0.1) is 24.3 Å². The first-order chi connectivity index (χ1) is 7.65. The summed E-state index contributed by atoms with van der Waals surface area (Å²) in [5.41, 5.74) is 6.19. The predicted octanol–water partition coefficient (Wildman–Crippen LogP) is 0.0446. The second kappa shape index (κ2) is 3.97. The summed E-state index contributed by atoms with van der Waals surface area (Å²) >= 11 is 0. The fourth-order valence-corrected chi connectivity index (χ4v) is 1.17. The van der Waals surface area contributed by atoms with Crippen LogP contribution in [0.5, 0.6) is 0 Å². The van der Waals surface area contributed by atoms with Crippen LogP contribution in [0.4, 0.5) is 11.5 Å². The summed E-state index contributed by atoms with van der Waals surface area (Å²) in [4.78, 5) is 19.3. The first-order valence-electron chi connectivity index (χ1n) is 4.52. The lowest BCUT2D eigenvalue weighted by molar-refractivity contribution is 0.102. The van der Waals surface area contributed by atoms with E-state index in [4.69, 9.17) is 5.73 Å². The van der Waals surface area contributed by atoms with Crippen molar-refractivity contribution in [3.63, 3.8) is 0 Å². The van der Waals surface area contributed by atoms with Crippen LogP contribution in [-0.2, 0) is 7.05 Å². The Kier molecular flexibility index (Phi) is 2.50. The number of amides is 1. The molecule has 7 nitrogen and oxygen atoms in total. The minimum Gasteiger partial charge on any atom is -0.382 e. The molecule has 2 aromatic heterocycles. The van der Waals surface area contributed by atoms with Crippen molar-refractivity contribution in [1.82, 2.24) is 19.7 Å². The Labute approximate surface area is 91.3 Å². The van der Waals surface area contributed by atoms with E-state index in [1.165, 1.54) is 18.6 Å². The molecule has 0 aliphatic carbocycles. The maximum atomic E-state index is 11.7. The predicted molar refractivity (Wildman–Crippen MR) is 57.6 cm³/mol. The summed E-state index contributed by atoms with van der Waals surface area (Å²) in [7, 11) is 1.76. The van der Waals surface area contributed by atoms with E-state index in [1.807, 2.05) is 0 Å². The third-order valence-electron chi connectivity index (χ3n) is 1.85. The van der Waals surface area contributed by atoms with Crippen LogP contribution in [-0.4, -0.2) is 25.7 Å². The Balaban J connectivity index is 2.14. The standard InChI is InChI=1S/C9H10N6O/c1-15-5-6(2-12-15)13-9(16)7-3-11-4-8(10)14-7/h2-5H,1H3,(H2,10,14)(H,13,16). The minimum absolute atomic E-state index is 0.170. The number of rotatable bonds is 2. The van der Waals surface area contributed by atoms with Gasteiger partial charge in [-0.2, -0.15) is 5.10 Å². The zero-order valence-corrected chi connectivity index (χ0v) is 8.58. The highest BCUT2D eigenvalue weighted by molar-refractivity contribution is 6.02. The first kappa shape index (κ1) is 10.1. The Morgan fingerprint density at radius 3 is 2.88 bits per heavy atom. The molecule has 0 bridgehead atoms. The van der Waals surface area contributed by atoms with Gasteiger partial charge in [-0.05, 0) is 0 Å². The van der Waals surface area contributed by atoms with Gasteiger partial charge < -0.3 is 11.1 Å². The van der Waals surface area contributed by atoms with Crippen LogP contribution >= 0.6 is 0 Å². The highest BCUT2D eigenvalue weighted by atomic mass is 16.1. The van der Waals surface area contributed by atoms with E-state index in [1.54, 1.807) is 17.9 Å². The van der Waals surface area contributed by atoms with Crippen LogP contribution < -0.4 is 11.1 Å². The van der Waals surface area contributed by atoms with Crippen molar-refractivity contribution in [2.24, 2.45) is 7.05 Å². The van der Waals surface area contributed by atoms with Crippen molar-refractivity contribution in [3.05, 3.63) is 30.5 Å². The molecule has 0 radical (unpaired) electrons. The Morgan fingerprint density at radius 2 is 2.25 bits per heavy atom. The molecule has 16 heavy (non-hydrogen) atoms. The van der Waals surface area contributed by atoms with E-state index in [-0.39, 0.29) is 17.4 Å². The molecule has 2 heterocycles. The number of carbonyl (C=O) groups is 1. The molecular weight excluding hydrogens is 208 g/mol. The summed E-state index contributed by atoms with van der Waals surface area (Å²) in [5.74, 6) is -0.161. The second-order valence-electron chi connectivity index (χ2n) is 3.19. The summed E-state index contributed by atoms with van der Waals surface area (Å²) in [6.45, 7) is 0. The van der Waals surface area contributed by atoms with Gasteiger partial charge in [-0.3, -0.25) is 14.5 Å². The molecule has 0 saturated heterocycles. The molecule has 0 saturated carbocycles. The zero-order valence-electron chi connectivity index (χ0n) is 8.58. The van der Waals surface area contributed by atoms with Crippen molar-refractivity contribution in [1.29, 1.82) is 0 Å². The number of nitrogen functional groups attached to an aromatic ring is 1. The Hall–Kier alpha value is -2.44. The second-order valence-corrected chi connectivity index (χ2v) is 3.19. The lowest BCUT2D eigenvalue weighted by Gasteiger charge is -2.01. The van der Waals surface area contributed by atoms with Gasteiger partial charge in [-0.15, -0.1) is 0 Å². The van der Waals surface area contributed by atoms with Gasteiger partial charge in [-0.25, -0.2) is 4.98 Å². The van der Waals surface area contributed by atoms with Crippen molar-refractivity contribution in [2.75, 3.05) is 11.1 Å². The first-order valence-corrected chi connectivity index (χ1v) is 4.52. The third-order valence-corrected chi connectivity index (χ3v) is 1.85. The van der Waals surface area contributed by atoms with Crippen LogP contribution in [0, 0.1) is 0 Å². The highest BCUT2D eigenvalue weighted by Crippen LogP contribution is 2.06. The average Bonchev–Trinajstić information content (AvgIpc) is 2.64. The number of nitrogens with two attached hydrogens (primary N) is 1. The van der Waals surface area contributed by atoms with Gasteiger partial charge in [-0.1, -0.05) is 0 Å². The van der Waals surface area contributed by atoms with Gasteiger partial charge in [0.25, 0.3) is 5.91 Å². The normalized spacial score (nSPS) is 10.1. The number of carbonyl (C=O) groups excluding carboxylic acids is 1. The van der Waals surface area contributed by atoms with Gasteiger partial charge in [0, 0.05) is 13.2 Å². The van der Waals surface area contributed by atoms with Crippen LogP contribution in [0.2, 0.25) is 0 Å². The fraction of sp³-hybridized carbons (Fsp3) is 0.111. The number of hydrogen-bond donors (Lipinski definition) is 2. The maximum absolute atomic E-state index is 11.7. The van der Waals surface area contributed by atoms with Crippen molar-refractivity contribution >= 4 is 17.4 Å². The number of hydrogen-bond acceptors (Lipinski definition) is 5. The van der Waals surface area contributed by atoms with E-state index in [0.717, 1.165) is 0 Å². The molecule has 0 aliphatic heterocycles. The number of aryl methyl sites for hydroxylation is 1. The molecule has 1 amide bonds. The zero-order chi connectivity index (χ0) is 11.5. The van der Waals surface area contributed by atoms with Gasteiger partial charge in [0.15, 0.2) is 0 Å². The van der Waals surface area contributed by atoms with Crippen molar-refractivity contribution < 1.29 is 4.79 Å². The summed E-state index contributed by atoms with van der Waals surface area (Å²) in [6.07, 6.45) is 5.94. The number of nitrogens with zero attached hydrogens (tertiary/aromatic N) is 4. The Bertz CT molecular complexity index is 520. The van der Waals surface area contributed by atoms with Gasteiger partial charge in [0.1, 0.15) is 11.5 Å². The molecule has 0 aliphatic rings. The molecule has 2 rings (SSSR count). The fourth-order valence-electron chi connectivity index (χ4n) is 1.17. The van der Waals surface area contributed by atoms with Crippen LogP contribution in [0.15, 0.2) is 24.8 Å². The number of aromatic nitrogens is 4. The summed E-state index contributed by atoms with van der Waals surface area (Å²) in [6, 6.07) is 0. The molecule has 0 unspecified atom stereocenters. The molecule has 0 aromatic carbocycles. The molecule has 2 aromatic rings. The molecular formula is C9H10N6O. The quantitative estimate of drug-likeness (QED) is 0.741. The van der Waals surface area contributed by atoms with Crippen LogP contribution in [0.1, 0.15) is 10.5 Å². The number of anilines is 2. The SMILES string of the molecule is Cn1cc(NC(=O)c2cncc(N)n2)cn1. The molecule has 3 N–H and O–H groups in total. The largest absolute Gasteiger partial charge is 0.382 e.